The van der Waals surface area contributed by atoms with Gasteiger partial charge in [-0.05, 0) is 76.4 Å². The van der Waals surface area contributed by atoms with Gasteiger partial charge in [-0.1, -0.05) is 37.8 Å². The molecule has 0 atom stereocenters. The summed E-state index contributed by atoms with van der Waals surface area (Å²) in [4.78, 5) is 37.9. The van der Waals surface area contributed by atoms with E-state index in [0.29, 0.717) is 30.3 Å². The molecule has 0 saturated heterocycles. The molecular weight excluding hydrogens is 570 g/mol. The molecule has 0 saturated carbocycles. The molecular formula is C35H43N5O5. The number of para-hydroxylation sites is 2. The van der Waals surface area contributed by atoms with Crippen LogP contribution in [0.4, 0.5) is 16.2 Å². The number of unbranched alkanes of at least 4 members (excludes halogenated alkanes) is 5. The lowest BCUT2D eigenvalue weighted by Crippen LogP contribution is -2.27. The van der Waals surface area contributed by atoms with Crippen molar-refractivity contribution in [2.45, 2.75) is 78.2 Å². The predicted octanol–water partition coefficient (Wildman–Crippen LogP) is 8.10. The van der Waals surface area contributed by atoms with Gasteiger partial charge in [-0.15, -0.1) is 0 Å². The van der Waals surface area contributed by atoms with E-state index in [4.69, 9.17) is 14.2 Å². The van der Waals surface area contributed by atoms with E-state index in [1.807, 2.05) is 31.2 Å². The maximum absolute atomic E-state index is 12.6. The molecule has 238 valence electrons. The molecule has 0 unspecified atom stereocenters. The summed E-state index contributed by atoms with van der Waals surface area (Å²) in [5.74, 6) is 1.22. The summed E-state index contributed by atoms with van der Waals surface area (Å²) in [5, 5.41) is 6.57. The molecule has 0 spiro atoms. The van der Waals surface area contributed by atoms with Crippen LogP contribution in [0, 0.1) is 6.92 Å². The summed E-state index contributed by atoms with van der Waals surface area (Å²) in [5.41, 5.74) is 4.08. The number of ether oxygens (including phenoxy) is 3. The van der Waals surface area contributed by atoms with E-state index < -0.39 is 11.7 Å². The second kappa shape index (κ2) is 15.8. The van der Waals surface area contributed by atoms with Crippen molar-refractivity contribution in [3.05, 3.63) is 66.7 Å². The predicted molar refractivity (Wildman–Crippen MR) is 177 cm³/mol. The lowest BCUT2D eigenvalue weighted by atomic mass is 10.0. The maximum Gasteiger partial charge on any atom is 0.412 e. The minimum atomic E-state index is -0.610. The van der Waals surface area contributed by atoms with Gasteiger partial charge in [0, 0.05) is 35.3 Å². The van der Waals surface area contributed by atoms with Crippen LogP contribution >= 0.6 is 0 Å². The number of fused-ring (bicyclic) bond motifs is 1. The fourth-order valence-electron chi connectivity index (χ4n) is 4.81. The van der Waals surface area contributed by atoms with Gasteiger partial charge in [0.2, 0.25) is 11.8 Å². The summed E-state index contributed by atoms with van der Waals surface area (Å²) in [7, 11) is 1.60. The molecule has 2 amide bonds. The zero-order valence-corrected chi connectivity index (χ0v) is 26.8. The molecule has 45 heavy (non-hydrogen) atoms. The number of hydrogen-bond acceptors (Lipinski definition) is 8. The zero-order valence-electron chi connectivity index (χ0n) is 26.8. The first kappa shape index (κ1) is 33.2. The van der Waals surface area contributed by atoms with E-state index in [-0.39, 0.29) is 5.91 Å². The number of anilines is 2. The molecule has 10 nitrogen and oxygen atoms in total. The summed E-state index contributed by atoms with van der Waals surface area (Å²) < 4.78 is 16.7. The Labute approximate surface area is 264 Å². The van der Waals surface area contributed by atoms with E-state index in [2.05, 4.69) is 31.7 Å². The Morgan fingerprint density at radius 1 is 0.822 bits per heavy atom. The molecule has 0 fully saturated rings. The molecule has 10 heteroatoms. The quantitative estimate of drug-likeness (QED) is 0.137. The first-order chi connectivity index (χ1) is 21.6. The van der Waals surface area contributed by atoms with E-state index in [1.165, 1.54) is 0 Å². The molecule has 0 aliphatic heterocycles. The Kier molecular flexibility index (Phi) is 11.7. The van der Waals surface area contributed by atoms with Crippen LogP contribution in [0.5, 0.6) is 11.6 Å². The van der Waals surface area contributed by atoms with Gasteiger partial charge in [-0.2, -0.15) is 0 Å². The van der Waals surface area contributed by atoms with Crippen LogP contribution < -0.4 is 20.1 Å². The van der Waals surface area contributed by atoms with Crippen LogP contribution in [0.3, 0.4) is 0 Å². The van der Waals surface area contributed by atoms with Crippen molar-refractivity contribution in [3.63, 3.8) is 0 Å². The minimum Gasteiger partial charge on any atom is -0.491 e. The van der Waals surface area contributed by atoms with Crippen molar-refractivity contribution in [2.75, 3.05) is 24.4 Å². The highest BCUT2D eigenvalue weighted by atomic mass is 16.6. The first-order valence-corrected chi connectivity index (χ1v) is 15.4. The van der Waals surface area contributed by atoms with Crippen LogP contribution in [-0.4, -0.2) is 46.3 Å². The standard InChI is InChI=1S/C35H43N5O5/c1-24-27-20-26(25-17-18-32(43-5)36-22-25)21-30(33(27)38-23-37-24)44-19-13-9-7-6-8-10-16-31(41)39-28-14-11-12-15-29(28)40-34(42)45-35(2,3)4/h11-12,14-15,17-18,20-23H,6-10,13,16,19H2,1-5H3,(H,39,41)(H,40,42). The van der Waals surface area contributed by atoms with E-state index in [9.17, 15) is 9.59 Å². The van der Waals surface area contributed by atoms with Gasteiger partial charge in [0.15, 0.2) is 0 Å². The fourth-order valence-corrected chi connectivity index (χ4v) is 4.81. The van der Waals surface area contributed by atoms with Crippen molar-refractivity contribution in [1.82, 2.24) is 15.0 Å². The number of pyridine rings is 1. The second-order valence-electron chi connectivity index (χ2n) is 11.9. The monoisotopic (exact) mass is 613 g/mol. The molecule has 2 N–H and O–H groups in total. The van der Waals surface area contributed by atoms with Crippen molar-refractivity contribution in [3.8, 4) is 22.8 Å². The van der Waals surface area contributed by atoms with Gasteiger partial charge < -0.3 is 19.5 Å². The number of carbonyl (C=O) groups excluding carboxylic acids is 2. The van der Waals surface area contributed by atoms with E-state index in [1.54, 1.807) is 58.6 Å². The molecule has 4 aromatic rings. The summed E-state index contributed by atoms with van der Waals surface area (Å²) in [6.45, 7) is 7.95. The minimum absolute atomic E-state index is 0.0826. The molecule has 4 rings (SSSR count). The number of rotatable bonds is 14. The highest BCUT2D eigenvalue weighted by molar-refractivity contribution is 5.97. The number of aromatic nitrogens is 3. The molecule has 2 aromatic carbocycles. The largest absolute Gasteiger partial charge is 0.491 e. The third-order valence-corrected chi connectivity index (χ3v) is 7.07. The fraction of sp³-hybridized carbons (Fsp3) is 0.400. The van der Waals surface area contributed by atoms with Crippen molar-refractivity contribution in [1.29, 1.82) is 0 Å². The number of amides is 2. The second-order valence-corrected chi connectivity index (χ2v) is 11.9. The number of aryl methyl sites for hydroxylation is 1. The summed E-state index contributed by atoms with van der Waals surface area (Å²) in [6, 6.07) is 15.0. The Morgan fingerprint density at radius 2 is 1.53 bits per heavy atom. The molecule has 0 bridgehead atoms. The number of nitrogens with one attached hydrogen (secondary N) is 2. The van der Waals surface area contributed by atoms with Crippen LogP contribution in [0.2, 0.25) is 0 Å². The first-order valence-electron chi connectivity index (χ1n) is 15.4. The molecule has 0 aliphatic rings. The Bertz CT molecular complexity index is 1580. The van der Waals surface area contributed by atoms with Gasteiger partial charge >= 0.3 is 6.09 Å². The van der Waals surface area contributed by atoms with Gasteiger partial charge in [0.25, 0.3) is 0 Å². The van der Waals surface area contributed by atoms with Gasteiger partial charge in [0.05, 0.1) is 25.1 Å². The number of hydrogen-bond donors (Lipinski definition) is 2. The summed E-state index contributed by atoms with van der Waals surface area (Å²) >= 11 is 0. The Morgan fingerprint density at radius 3 is 2.22 bits per heavy atom. The lowest BCUT2D eigenvalue weighted by Gasteiger charge is -2.20. The highest BCUT2D eigenvalue weighted by Crippen LogP contribution is 2.33. The van der Waals surface area contributed by atoms with Crippen molar-refractivity contribution in [2.24, 2.45) is 0 Å². The average Bonchev–Trinajstić information content (AvgIpc) is 3.00. The molecule has 0 radical (unpaired) electrons. The number of methoxy groups -OCH3 is 1. The topological polar surface area (TPSA) is 125 Å². The smallest absolute Gasteiger partial charge is 0.412 e. The third kappa shape index (κ3) is 10.2. The van der Waals surface area contributed by atoms with Crippen molar-refractivity contribution >= 4 is 34.3 Å². The van der Waals surface area contributed by atoms with Crippen LogP contribution in [0.15, 0.2) is 61.1 Å². The number of carbonyl (C=O) groups is 2. The van der Waals surface area contributed by atoms with E-state index >= 15 is 0 Å². The zero-order chi connectivity index (χ0) is 32.2. The van der Waals surface area contributed by atoms with Crippen LogP contribution in [-0.2, 0) is 9.53 Å². The molecule has 0 aliphatic carbocycles. The molecule has 2 aromatic heterocycles. The van der Waals surface area contributed by atoms with Gasteiger partial charge in [-0.3, -0.25) is 10.1 Å². The third-order valence-electron chi connectivity index (χ3n) is 7.07. The average molecular weight is 614 g/mol. The lowest BCUT2D eigenvalue weighted by molar-refractivity contribution is -0.116. The Balaban J connectivity index is 1.18. The number of nitrogens with zero attached hydrogens (tertiary/aromatic N) is 3. The highest BCUT2D eigenvalue weighted by Gasteiger charge is 2.18. The molecule has 2 heterocycles. The van der Waals surface area contributed by atoms with Gasteiger partial charge in [-0.25, -0.2) is 19.7 Å². The van der Waals surface area contributed by atoms with E-state index in [0.717, 1.165) is 72.0 Å². The summed E-state index contributed by atoms with van der Waals surface area (Å²) in [6.07, 6.45) is 9.02. The normalized spacial score (nSPS) is 11.2. The van der Waals surface area contributed by atoms with Crippen molar-refractivity contribution < 1.29 is 23.8 Å². The van der Waals surface area contributed by atoms with Crippen LogP contribution in [0.25, 0.3) is 22.0 Å². The van der Waals surface area contributed by atoms with Gasteiger partial charge in [0.1, 0.15) is 23.2 Å². The SMILES string of the molecule is COc1ccc(-c2cc(OCCCCCCCCC(=O)Nc3ccccc3NC(=O)OC(C)(C)C)c3ncnc(C)c3c2)cn1. The number of benzene rings is 2. The Hall–Kier alpha value is -4.73. The maximum atomic E-state index is 12.6. The van der Waals surface area contributed by atoms with Crippen LogP contribution in [0.1, 0.15) is 71.4 Å².